The Morgan fingerprint density at radius 1 is 1.18 bits per heavy atom. The van der Waals surface area contributed by atoms with E-state index in [1.807, 2.05) is 37.4 Å². The van der Waals surface area contributed by atoms with Crippen molar-refractivity contribution in [2.24, 2.45) is 5.92 Å². The Bertz CT molecular complexity index is 1140. The first-order valence-electron chi connectivity index (χ1n) is 11.4. The van der Waals surface area contributed by atoms with Crippen LogP contribution in [-0.4, -0.2) is 43.5 Å². The van der Waals surface area contributed by atoms with Crippen molar-refractivity contribution in [2.45, 2.75) is 46.0 Å². The molecule has 1 saturated carbocycles. The molecule has 180 valence electrons. The first kappa shape index (κ1) is 23.9. The number of nitrogens with zero attached hydrogens (tertiary/aromatic N) is 1. The summed E-state index contributed by atoms with van der Waals surface area (Å²) in [5, 5.41) is 4.95. The van der Waals surface area contributed by atoms with Gasteiger partial charge in [0.15, 0.2) is 6.61 Å². The Balaban J connectivity index is 1.35. The Morgan fingerprint density at radius 2 is 1.94 bits per heavy atom. The van der Waals surface area contributed by atoms with Gasteiger partial charge >= 0.3 is 11.9 Å². The average molecular weight is 485 g/mol. The van der Waals surface area contributed by atoms with Crippen molar-refractivity contribution in [3.8, 4) is 0 Å². The number of hydrogen-bond acceptors (Lipinski definition) is 7. The summed E-state index contributed by atoms with van der Waals surface area (Å²) in [6.07, 6.45) is 2.05. The molecule has 8 nitrogen and oxygen atoms in total. The first-order valence-corrected chi connectivity index (χ1v) is 12.3. The van der Waals surface area contributed by atoms with Crippen LogP contribution in [0.25, 0.3) is 0 Å². The van der Waals surface area contributed by atoms with E-state index >= 15 is 0 Å². The van der Waals surface area contributed by atoms with Crippen LogP contribution in [0.1, 0.15) is 59.2 Å². The van der Waals surface area contributed by atoms with Crippen molar-refractivity contribution in [1.82, 2.24) is 0 Å². The zero-order valence-electron chi connectivity index (χ0n) is 19.5. The molecule has 2 amide bonds. The minimum absolute atomic E-state index is 0.0382. The highest BCUT2D eigenvalue weighted by molar-refractivity contribution is 7.15. The number of nitrogens with one attached hydrogen (secondary N) is 1. The summed E-state index contributed by atoms with van der Waals surface area (Å²) in [6.45, 7) is 5.60. The van der Waals surface area contributed by atoms with Crippen molar-refractivity contribution in [2.75, 3.05) is 30.0 Å². The normalized spacial score (nSPS) is 17.6. The molecule has 2 aromatic rings. The molecule has 1 aromatic heterocycles. The van der Waals surface area contributed by atoms with Crippen molar-refractivity contribution >= 4 is 45.8 Å². The molecule has 4 rings (SSSR count). The molecule has 1 aliphatic heterocycles. The molecule has 1 saturated heterocycles. The smallest absolute Gasteiger partial charge is 0.341 e. The molecule has 0 bridgehead atoms. The molecule has 0 unspecified atom stereocenters. The van der Waals surface area contributed by atoms with E-state index in [4.69, 9.17) is 9.47 Å². The molecule has 0 radical (unpaired) electrons. The van der Waals surface area contributed by atoms with Gasteiger partial charge in [-0.3, -0.25) is 14.4 Å². The third-order valence-corrected chi connectivity index (χ3v) is 7.15. The molecule has 2 fully saturated rings. The van der Waals surface area contributed by atoms with Crippen LogP contribution >= 0.6 is 11.3 Å². The Morgan fingerprint density at radius 3 is 2.65 bits per heavy atom. The van der Waals surface area contributed by atoms with Crippen LogP contribution in [0.3, 0.4) is 0 Å². The second-order valence-electron chi connectivity index (χ2n) is 8.67. The van der Waals surface area contributed by atoms with E-state index in [-0.39, 0.29) is 25.5 Å². The first-order chi connectivity index (χ1) is 16.3. The highest BCUT2D eigenvalue weighted by Gasteiger charge is 2.37. The minimum Gasteiger partial charge on any atom is -0.462 e. The standard InChI is InChI=1S/C25H28N2O6S/c1-4-32-25(31)22-18(16-8-9-16)13-34-23(22)26-20(28)12-33-24(30)17-10-21(29)27(11-17)19-7-5-6-14(2)15(19)3/h5-7,13,16-17H,4,8-12H2,1-3H3,(H,26,28)/t17-/m1/s1. The Labute approximate surface area is 202 Å². The zero-order chi connectivity index (χ0) is 24.4. The van der Waals surface area contributed by atoms with E-state index in [9.17, 15) is 19.2 Å². The fourth-order valence-electron chi connectivity index (χ4n) is 4.12. The Hall–Kier alpha value is -3.20. The lowest BCUT2D eigenvalue weighted by atomic mass is 10.1. The lowest BCUT2D eigenvalue weighted by Crippen LogP contribution is -2.28. The number of carbonyl (C=O) groups excluding carboxylic acids is 4. The van der Waals surface area contributed by atoms with Gasteiger partial charge in [-0.05, 0) is 67.7 Å². The molecule has 0 spiro atoms. The van der Waals surface area contributed by atoms with Gasteiger partial charge in [0.05, 0.1) is 18.1 Å². The van der Waals surface area contributed by atoms with Crippen molar-refractivity contribution < 1.29 is 28.7 Å². The largest absolute Gasteiger partial charge is 0.462 e. The predicted molar refractivity (Wildman–Crippen MR) is 128 cm³/mol. The summed E-state index contributed by atoms with van der Waals surface area (Å²) < 4.78 is 10.4. The molecule has 2 aliphatic rings. The van der Waals surface area contributed by atoms with Gasteiger partial charge in [-0.1, -0.05) is 12.1 Å². The summed E-state index contributed by atoms with van der Waals surface area (Å²) in [6, 6.07) is 5.71. The molecule has 1 aliphatic carbocycles. The monoisotopic (exact) mass is 484 g/mol. The Kier molecular flexibility index (Phi) is 7.02. The van der Waals surface area contributed by atoms with Crippen molar-refractivity contribution in [3.05, 3.63) is 45.8 Å². The minimum atomic E-state index is -0.640. The SMILES string of the molecule is CCOC(=O)c1c(C2CC2)csc1NC(=O)COC(=O)[C@@H]1CC(=O)N(c2cccc(C)c2C)C1. The second kappa shape index (κ2) is 9.97. The second-order valence-corrected chi connectivity index (χ2v) is 9.55. The fraction of sp³-hybridized carbons (Fsp3) is 0.440. The predicted octanol–water partition coefficient (Wildman–Crippen LogP) is 3.95. The number of anilines is 2. The summed E-state index contributed by atoms with van der Waals surface area (Å²) in [5.74, 6) is -2.07. The lowest BCUT2D eigenvalue weighted by Gasteiger charge is -2.20. The lowest BCUT2D eigenvalue weighted by molar-refractivity contribution is -0.151. The van der Waals surface area contributed by atoms with Gasteiger partial charge in [0.2, 0.25) is 5.91 Å². The fourth-order valence-corrected chi connectivity index (χ4v) is 5.16. The van der Waals surface area contributed by atoms with Crippen molar-refractivity contribution in [1.29, 1.82) is 0 Å². The molecule has 1 aromatic carbocycles. The number of hydrogen-bond donors (Lipinski definition) is 1. The van der Waals surface area contributed by atoms with Gasteiger partial charge < -0.3 is 19.7 Å². The number of benzene rings is 1. The number of amides is 2. The molecule has 1 N–H and O–H groups in total. The molecular formula is C25H28N2O6S. The summed E-state index contributed by atoms with van der Waals surface area (Å²) in [7, 11) is 0. The van der Waals surface area contributed by atoms with E-state index in [1.54, 1.807) is 11.8 Å². The van der Waals surface area contributed by atoms with Crippen LogP contribution in [0.5, 0.6) is 0 Å². The molecule has 1 atom stereocenters. The molecule has 9 heteroatoms. The number of carbonyl (C=O) groups is 4. The van der Waals surface area contributed by atoms with Crippen LogP contribution in [-0.2, 0) is 23.9 Å². The third kappa shape index (κ3) is 4.99. The van der Waals surface area contributed by atoms with E-state index < -0.39 is 30.4 Å². The number of esters is 2. The highest BCUT2D eigenvalue weighted by atomic mass is 32.1. The molecular weight excluding hydrogens is 456 g/mol. The highest BCUT2D eigenvalue weighted by Crippen LogP contribution is 2.46. The van der Waals surface area contributed by atoms with Crippen LogP contribution in [0.2, 0.25) is 0 Å². The van der Waals surface area contributed by atoms with E-state index in [0.717, 1.165) is 35.2 Å². The topological polar surface area (TPSA) is 102 Å². The summed E-state index contributed by atoms with van der Waals surface area (Å²) in [4.78, 5) is 51.7. The molecule has 2 heterocycles. The third-order valence-electron chi connectivity index (χ3n) is 6.24. The van der Waals surface area contributed by atoms with Crippen LogP contribution in [0, 0.1) is 19.8 Å². The van der Waals surface area contributed by atoms with Crippen LogP contribution < -0.4 is 10.2 Å². The molecule has 34 heavy (non-hydrogen) atoms. The number of ether oxygens (including phenoxy) is 2. The number of aryl methyl sites for hydroxylation is 1. The van der Waals surface area contributed by atoms with Gasteiger partial charge in [0.1, 0.15) is 5.00 Å². The van der Waals surface area contributed by atoms with Crippen LogP contribution in [0.15, 0.2) is 23.6 Å². The van der Waals surface area contributed by atoms with E-state index in [2.05, 4.69) is 5.32 Å². The quantitative estimate of drug-likeness (QED) is 0.569. The number of thiophene rings is 1. The van der Waals surface area contributed by atoms with Gasteiger partial charge in [0, 0.05) is 18.7 Å². The summed E-state index contributed by atoms with van der Waals surface area (Å²) in [5.41, 5.74) is 4.12. The maximum Gasteiger partial charge on any atom is 0.341 e. The van der Waals surface area contributed by atoms with Gasteiger partial charge in [-0.2, -0.15) is 0 Å². The maximum atomic E-state index is 12.6. The van der Waals surface area contributed by atoms with Gasteiger partial charge in [-0.25, -0.2) is 4.79 Å². The summed E-state index contributed by atoms with van der Waals surface area (Å²) >= 11 is 1.26. The van der Waals surface area contributed by atoms with E-state index in [0.29, 0.717) is 16.5 Å². The zero-order valence-corrected chi connectivity index (χ0v) is 20.3. The maximum absolute atomic E-state index is 12.6. The van der Waals surface area contributed by atoms with Crippen molar-refractivity contribution in [3.63, 3.8) is 0 Å². The van der Waals surface area contributed by atoms with E-state index in [1.165, 1.54) is 11.3 Å². The number of rotatable bonds is 8. The average Bonchev–Trinajstić information content (AvgIpc) is 3.45. The van der Waals surface area contributed by atoms with Gasteiger partial charge in [0.25, 0.3) is 5.91 Å². The van der Waals surface area contributed by atoms with Gasteiger partial charge in [-0.15, -0.1) is 11.3 Å². The van der Waals surface area contributed by atoms with Crippen LogP contribution in [0.4, 0.5) is 10.7 Å².